The van der Waals surface area contributed by atoms with Gasteiger partial charge in [-0.2, -0.15) is 0 Å². The summed E-state index contributed by atoms with van der Waals surface area (Å²) < 4.78 is 5.71. The molecule has 0 atom stereocenters. The van der Waals surface area contributed by atoms with Crippen LogP contribution < -0.4 is 15.4 Å². The van der Waals surface area contributed by atoms with E-state index in [4.69, 9.17) is 17.0 Å². The Balaban J connectivity index is 1.55. The first-order valence-electron chi connectivity index (χ1n) is 8.21. The van der Waals surface area contributed by atoms with Crippen LogP contribution in [0.2, 0.25) is 0 Å². The Morgan fingerprint density at radius 3 is 2.11 bits per heavy atom. The van der Waals surface area contributed by atoms with Crippen LogP contribution in [0, 0.1) is 10.1 Å². The van der Waals surface area contributed by atoms with Gasteiger partial charge in [-0.15, -0.1) is 0 Å². The number of carbonyl (C=O) groups is 1. The van der Waals surface area contributed by atoms with E-state index < -0.39 is 10.8 Å². The van der Waals surface area contributed by atoms with Crippen molar-refractivity contribution < 1.29 is 14.5 Å². The van der Waals surface area contributed by atoms with Crippen molar-refractivity contribution in [2.45, 2.75) is 0 Å². The highest BCUT2D eigenvalue weighted by molar-refractivity contribution is 7.80. The first kappa shape index (κ1) is 19.0. The number of rotatable bonds is 5. The molecule has 140 valence electrons. The number of hydrogen-bond acceptors (Lipinski definition) is 5. The van der Waals surface area contributed by atoms with Gasteiger partial charge in [-0.05, 0) is 60.7 Å². The normalized spacial score (nSPS) is 10.0. The summed E-state index contributed by atoms with van der Waals surface area (Å²) in [5, 5.41) is 16.2. The van der Waals surface area contributed by atoms with Crippen molar-refractivity contribution in [1.82, 2.24) is 5.32 Å². The molecule has 8 heteroatoms. The summed E-state index contributed by atoms with van der Waals surface area (Å²) in [6, 6.07) is 21.7. The number of nitrogens with one attached hydrogen (secondary N) is 2. The summed E-state index contributed by atoms with van der Waals surface area (Å²) in [5.41, 5.74) is 0.853. The highest BCUT2D eigenvalue weighted by atomic mass is 32.1. The molecule has 0 aliphatic carbocycles. The van der Waals surface area contributed by atoms with Crippen LogP contribution in [-0.4, -0.2) is 15.9 Å². The molecule has 0 radical (unpaired) electrons. The standard InChI is InChI=1S/C20H15N3O4S/c24-19(14-6-10-16(11-7-14)23(25)26)22-20(28)21-15-8-12-18(13-9-15)27-17-4-2-1-3-5-17/h1-13H,(H2,21,22,24,28). The lowest BCUT2D eigenvalue weighted by molar-refractivity contribution is -0.384. The maximum absolute atomic E-state index is 12.2. The van der Waals surface area contributed by atoms with Gasteiger partial charge in [-0.1, -0.05) is 18.2 Å². The fraction of sp³-hybridized carbons (Fsp3) is 0. The Kier molecular flexibility index (Phi) is 5.93. The fourth-order valence-corrected chi connectivity index (χ4v) is 2.51. The second kappa shape index (κ2) is 8.74. The predicted molar refractivity (Wildman–Crippen MR) is 110 cm³/mol. The molecule has 0 spiro atoms. The van der Waals surface area contributed by atoms with Crippen molar-refractivity contribution in [3.8, 4) is 11.5 Å². The van der Waals surface area contributed by atoms with E-state index in [2.05, 4.69) is 10.6 Å². The Labute approximate surface area is 166 Å². The van der Waals surface area contributed by atoms with Crippen LogP contribution in [0.3, 0.4) is 0 Å². The van der Waals surface area contributed by atoms with E-state index in [1.165, 1.54) is 24.3 Å². The summed E-state index contributed by atoms with van der Waals surface area (Å²) in [4.78, 5) is 22.3. The quantitative estimate of drug-likeness (QED) is 0.376. The van der Waals surface area contributed by atoms with E-state index in [1.807, 2.05) is 30.3 Å². The van der Waals surface area contributed by atoms with Crippen molar-refractivity contribution in [1.29, 1.82) is 0 Å². The lowest BCUT2D eigenvalue weighted by Gasteiger charge is -2.11. The second-order valence-electron chi connectivity index (χ2n) is 5.65. The molecule has 28 heavy (non-hydrogen) atoms. The van der Waals surface area contributed by atoms with E-state index in [0.29, 0.717) is 11.4 Å². The largest absolute Gasteiger partial charge is 0.457 e. The number of amides is 1. The van der Waals surface area contributed by atoms with Crippen LogP contribution in [0.25, 0.3) is 0 Å². The van der Waals surface area contributed by atoms with E-state index in [-0.39, 0.29) is 16.4 Å². The van der Waals surface area contributed by atoms with Crippen molar-refractivity contribution in [2.24, 2.45) is 0 Å². The maximum atomic E-state index is 12.2. The highest BCUT2D eigenvalue weighted by Crippen LogP contribution is 2.22. The van der Waals surface area contributed by atoms with Gasteiger partial charge in [-0.25, -0.2) is 0 Å². The molecule has 3 aromatic carbocycles. The molecule has 0 saturated carbocycles. The van der Waals surface area contributed by atoms with Crippen molar-refractivity contribution in [3.05, 3.63) is 94.5 Å². The Morgan fingerprint density at radius 2 is 1.50 bits per heavy atom. The summed E-state index contributed by atoms with van der Waals surface area (Å²) in [7, 11) is 0. The van der Waals surface area contributed by atoms with Gasteiger partial charge in [0, 0.05) is 23.4 Å². The van der Waals surface area contributed by atoms with E-state index in [1.54, 1.807) is 24.3 Å². The van der Waals surface area contributed by atoms with Crippen LogP contribution in [0.5, 0.6) is 11.5 Å². The molecule has 0 saturated heterocycles. The summed E-state index contributed by atoms with van der Waals surface area (Å²) in [6.45, 7) is 0. The summed E-state index contributed by atoms with van der Waals surface area (Å²) >= 11 is 5.13. The smallest absolute Gasteiger partial charge is 0.269 e. The molecule has 7 nitrogen and oxygen atoms in total. The van der Waals surface area contributed by atoms with E-state index >= 15 is 0 Å². The molecular weight excluding hydrogens is 378 g/mol. The molecule has 0 bridgehead atoms. The number of nitro benzene ring substituents is 1. The predicted octanol–water partition coefficient (Wildman–Crippen LogP) is 4.51. The van der Waals surface area contributed by atoms with Crippen LogP contribution >= 0.6 is 12.2 Å². The average molecular weight is 393 g/mol. The first-order valence-corrected chi connectivity index (χ1v) is 8.62. The number of carbonyl (C=O) groups excluding carboxylic acids is 1. The number of thiocarbonyl (C=S) groups is 1. The minimum Gasteiger partial charge on any atom is -0.457 e. The van der Waals surface area contributed by atoms with Crippen LogP contribution in [0.15, 0.2) is 78.9 Å². The molecule has 0 aliphatic heterocycles. The summed E-state index contributed by atoms with van der Waals surface area (Å²) in [6.07, 6.45) is 0. The molecule has 0 aromatic heterocycles. The highest BCUT2D eigenvalue weighted by Gasteiger charge is 2.11. The minimum absolute atomic E-state index is 0.0879. The van der Waals surface area contributed by atoms with Gasteiger partial charge < -0.3 is 10.1 Å². The number of hydrogen-bond donors (Lipinski definition) is 2. The van der Waals surface area contributed by atoms with Gasteiger partial charge in [0.05, 0.1) is 4.92 Å². The topological polar surface area (TPSA) is 93.5 Å². The zero-order chi connectivity index (χ0) is 19.9. The lowest BCUT2D eigenvalue weighted by atomic mass is 10.2. The number of para-hydroxylation sites is 1. The Morgan fingerprint density at radius 1 is 0.893 bits per heavy atom. The first-order chi connectivity index (χ1) is 13.5. The van der Waals surface area contributed by atoms with Crippen molar-refractivity contribution in [2.75, 3.05) is 5.32 Å². The molecular formula is C20H15N3O4S. The van der Waals surface area contributed by atoms with Gasteiger partial charge in [-0.3, -0.25) is 20.2 Å². The molecule has 1 amide bonds. The number of non-ortho nitro benzene ring substituents is 1. The van der Waals surface area contributed by atoms with Gasteiger partial charge in [0.1, 0.15) is 11.5 Å². The third kappa shape index (κ3) is 5.12. The zero-order valence-electron chi connectivity index (χ0n) is 14.5. The van der Waals surface area contributed by atoms with Gasteiger partial charge >= 0.3 is 0 Å². The Hall–Kier alpha value is -3.78. The van der Waals surface area contributed by atoms with Crippen LogP contribution in [-0.2, 0) is 0 Å². The molecule has 0 unspecified atom stereocenters. The van der Waals surface area contributed by atoms with Crippen LogP contribution in [0.1, 0.15) is 10.4 Å². The average Bonchev–Trinajstić information content (AvgIpc) is 2.70. The molecule has 0 fully saturated rings. The number of benzene rings is 3. The minimum atomic E-state index is -0.529. The molecule has 0 aliphatic rings. The SMILES string of the molecule is O=C(NC(=S)Nc1ccc(Oc2ccccc2)cc1)c1ccc([N+](=O)[O-])cc1. The van der Waals surface area contributed by atoms with E-state index in [9.17, 15) is 14.9 Å². The number of ether oxygens (including phenoxy) is 1. The molecule has 3 rings (SSSR count). The lowest BCUT2D eigenvalue weighted by Crippen LogP contribution is -2.34. The van der Waals surface area contributed by atoms with Gasteiger partial charge in [0.15, 0.2) is 5.11 Å². The third-order valence-electron chi connectivity index (χ3n) is 3.66. The molecule has 2 N–H and O–H groups in total. The van der Waals surface area contributed by atoms with Gasteiger partial charge in [0.2, 0.25) is 0 Å². The number of anilines is 1. The summed E-state index contributed by atoms with van der Waals surface area (Å²) in [5.74, 6) is 0.933. The second-order valence-corrected chi connectivity index (χ2v) is 6.06. The zero-order valence-corrected chi connectivity index (χ0v) is 15.3. The third-order valence-corrected chi connectivity index (χ3v) is 3.86. The van der Waals surface area contributed by atoms with Crippen LogP contribution in [0.4, 0.5) is 11.4 Å². The monoisotopic (exact) mass is 393 g/mol. The van der Waals surface area contributed by atoms with Crippen molar-refractivity contribution >= 4 is 34.6 Å². The number of nitrogens with zero attached hydrogens (tertiary/aromatic N) is 1. The van der Waals surface area contributed by atoms with E-state index in [0.717, 1.165) is 5.75 Å². The van der Waals surface area contributed by atoms with Crippen molar-refractivity contribution in [3.63, 3.8) is 0 Å². The maximum Gasteiger partial charge on any atom is 0.269 e. The Bertz CT molecular complexity index is 990. The number of nitro groups is 1. The fourth-order valence-electron chi connectivity index (χ4n) is 2.30. The molecule has 3 aromatic rings. The van der Waals surface area contributed by atoms with Gasteiger partial charge in [0.25, 0.3) is 11.6 Å². The molecule has 0 heterocycles.